The molecule has 3 aromatic rings. The molecule has 3 aliphatic rings. The fourth-order valence-electron chi connectivity index (χ4n) is 4.63. The molecule has 2 fully saturated rings. The molecule has 1 amide bonds. The number of aromatic nitrogens is 1. The van der Waals surface area contributed by atoms with Crippen molar-refractivity contribution >= 4 is 44.6 Å². The number of hydrogen-bond donors (Lipinski definition) is 0. The Balaban J connectivity index is 1.39. The zero-order chi connectivity index (χ0) is 25.7. The first-order valence-electron chi connectivity index (χ1n) is 12.3. The highest BCUT2D eigenvalue weighted by atomic mass is 32.2. The first kappa shape index (κ1) is 24.4. The topological polar surface area (TPSA) is 70.6 Å². The molecule has 1 aliphatic heterocycles. The van der Waals surface area contributed by atoms with Crippen LogP contribution in [0.2, 0.25) is 0 Å². The number of halogens is 2. The van der Waals surface area contributed by atoms with Crippen molar-refractivity contribution in [1.29, 1.82) is 0 Å². The Hall–Kier alpha value is -2.95. The number of anilines is 1. The molecule has 0 spiro atoms. The molecule has 2 aliphatic carbocycles. The van der Waals surface area contributed by atoms with Gasteiger partial charge in [0.25, 0.3) is 5.91 Å². The molecule has 37 heavy (non-hydrogen) atoms. The van der Waals surface area contributed by atoms with Crippen LogP contribution in [-0.2, 0) is 21.4 Å². The number of hydrogen-bond acceptors (Lipinski definition) is 5. The van der Waals surface area contributed by atoms with E-state index in [1.165, 1.54) is 27.8 Å². The lowest BCUT2D eigenvalue weighted by atomic mass is 10.1. The SMILES string of the molecule is O=C1/C(=C/c2nccs2)c2cc(S(=O)(=O)N(Cc3ccc(F)cc3F)CC3CC3)ccc2N1CC1CC1. The molecule has 0 atom stereocenters. The molecular formula is C27H25F2N3O3S2. The Morgan fingerprint density at radius 1 is 1.08 bits per heavy atom. The second kappa shape index (κ2) is 9.41. The van der Waals surface area contributed by atoms with E-state index in [1.807, 2.05) is 5.38 Å². The van der Waals surface area contributed by atoms with Crippen LogP contribution in [0.1, 0.15) is 41.8 Å². The van der Waals surface area contributed by atoms with Crippen LogP contribution in [0.5, 0.6) is 0 Å². The van der Waals surface area contributed by atoms with Crippen molar-refractivity contribution in [3.05, 3.63) is 75.7 Å². The average Bonchev–Trinajstić information content (AvgIpc) is 3.79. The maximum absolute atomic E-state index is 14.4. The van der Waals surface area contributed by atoms with Crippen molar-refractivity contribution in [2.45, 2.75) is 37.1 Å². The van der Waals surface area contributed by atoms with Crippen molar-refractivity contribution in [2.24, 2.45) is 11.8 Å². The lowest BCUT2D eigenvalue weighted by Crippen LogP contribution is -2.33. The highest BCUT2D eigenvalue weighted by Gasteiger charge is 2.38. The van der Waals surface area contributed by atoms with Gasteiger partial charge in [0.05, 0.1) is 16.2 Å². The fourth-order valence-corrected chi connectivity index (χ4v) is 6.72. The lowest BCUT2D eigenvalue weighted by Gasteiger charge is -2.23. The minimum absolute atomic E-state index is 0.0422. The minimum Gasteiger partial charge on any atom is -0.307 e. The van der Waals surface area contributed by atoms with E-state index < -0.39 is 21.7 Å². The molecule has 0 saturated heterocycles. The van der Waals surface area contributed by atoms with Crippen LogP contribution >= 0.6 is 11.3 Å². The van der Waals surface area contributed by atoms with Crippen molar-refractivity contribution in [1.82, 2.24) is 9.29 Å². The summed E-state index contributed by atoms with van der Waals surface area (Å²) in [6, 6.07) is 7.95. The summed E-state index contributed by atoms with van der Waals surface area (Å²) < 4.78 is 56.9. The van der Waals surface area contributed by atoms with E-state index in [1.54, 1.807) is 29.3 Å². The normalized spacial score (nSPS) is 18.7. The van der Waals surface area contributed by atoms with Crippen molar-refractivity contribution < 1.29 is 22.0 Å². The summed E-state index contributed by atoms with van der Waals surface area (Å²) in [6.45, 7) is 0.659. The third-order valence-electron chi connectivity index (χ3n) is 7.04. The minimum atomic E-state index is -4.03. The molecule has 0 bridgehead atoms. The van der Waals surface area contributed by atoms with Crippen molar-refractivity contribution in [2.75, 3.05) is 18.0 Å². The number of fused-ring (bicyclic) bond motifs is 1. The second-order valence-electron chi connectivity index (χ2n) is 9.94. The molecule has 0 unspecified atom stereocenters. The maximum atomic E-state index is 14.4. The molecule has 2 saturated carbocycles. The summed E-state index contributed by atoms with van der Waals surface area (Å²) in [5.41, 5.74) is 1.78. The highest BCUT2D eigenvalue weighted by Crippen LogP contribution is 2.43. The number of carbonyl (C=O) groups is 1. The van der Waals surface area contributed by atoms with Crippen molar-refractivity contribution in [3.63, 3.8) is 0 Å². The van der Waals surface area contributed by atoms with Crippen LogP contribution in [0, 0.1) is 23.5 Å². The Labute approximate surface area is 218 Å². The predicted octanol–water partition coefficient (Wildman–Crippen LogP) is 5.32. The Morgan fingerprint density at radius 3 is 2.54 bits per heavy atom. The van der Waals surface area contributed by atoms with Crippen LogP contribution in [0.15, 0.2) is 52.9 Å². The zero-order valence-corrected chi connectivity index (χ0v) is 21.6. The zero-order valence-electron chi connectivity index (χ0n) is 19.9. The van der Waals surface area contributed by atoms with E-state index >= 15 is 0 Å². The second-order valence-corrected chi connectivity index (χ2v) is 12.8. The number of benzene rings is 2. The van der Waals surface area contributed by atoms with Gasteiger partial charge in [-0.05, 0) is 67.9 Å². The van der Waals surface area contributed by atoms with Gasteiger partial charge in [-0.1, -0.05) is 6.07 Å². The van der Waals surface area contributed by atoms with Gasteiger partial charge >= 0.3 is 0 Å². The first-order valence-corrected chi connectivity index (χ1v) is 14.6. The largest absolute Gasteiger partial charge is 0.307 e. The molecular weight excluding hydrogens is 516 g/mol. The van der Waals surface area contributed by atoms with Gasteiger partial charge in [0.1, 0.15) is 16.6 Å². The summed E-state index contributed by atoms with van der Waals surface area (Å²) in [4.78, 5) is 19.5. The Bertz CT molecular complexity index is 1500. The standard InChI is InChI=1S/C27H25F2N3O3S2/c28-20-6-5-19(24(29)11-20)16-31(14-17-1-2-17)37(34,35)21-7-8-25-22(12-21)23(13-26-30-9-10-36-26)27(33)32(25)15-18-3-4-18/h5-13,17-18H,1-4,14-16H2/b23-13+. The molecule has 6 rings (SSSR count). The van der Waals surface area contributed by atoms with Crippen LogP contribution in [0.4, 0.5) is 14.5 Å². The molecule has 192 valence electrons. The van der Waals surface area contributed by atoms with Crippen LogP contribution in [0.25, 0.3) is 11.6 Å². The third-order valence-corrected chi connectivity index (χ3v) is 9.57. The van der Waals surface area contributed by atoms with E-state index in [9.17, 15) is 22.0 Å². The smallest absolute Gasteiger partial charge is 0.259 e. The molecule has 6 nitrogen and oxygen atoms in total. The number of thiazole rings is 1. The number of carbonyl (C=O) groups excluding carboxylic acids is 1. The van der Waals surface area contributed by atoms with E-state index in [2.05, 4.69) is 4.98 Å². The number of amides is 1. The van der Waals surface area contributed by atoms with E-state index in [0.717, 1.165) is 37.8 Å². The third kappa shape index (κ3) is 4.97. The number of rotatable bonds is 9. The Morgan fingerprint density at radius 2 is 1.86 bits per heavy atom. The van der Waals surface area contributed by atoms with Crippen LogP contribution in [-0.4, -0.2) is 36.7 Å². The van der Waals surface area contributed by atoms with E-state index in [4.69, 9.17) is 0 Å². The molecule has 0 N–H and O–H groups in total. The predicted molar refractivity (Wildman–Crippen MR) is 138 cm³/mol. The maximum Gasteiger partial charge on any atom is 0.259 e. The summed E-state index contributed by atoms with van der Waals surface area (Å²) in [5.74, 6) is -0.978. The van der Waals surface area contributed by atoms with E-state index in [-0.39, 0.29) is 35.4 Å². The summed E-state index contributed by atoms with van der Waals surface area (Å²) in [7, 11) is -4.03. The summed E-state index contributed by atoms with van der Waals surface area (Å²) >= 11 is 1.40. The highest BCUT2D eigenvalue weighted by molar-refractivity contribution is 7.89. The number of sulfonamides is 1. The fraction of sp³-hybridized carbons (Fsp3) is 0.333. The quantitative estimate of drug-likeness (QED) is 0.344. The monoisotopic (exact) mass is 541 g/mol. The van der Waals surface area contributed by atoms with Crippen LogP contribution < -0.4 is 4.90 Å². The van der Waals surface area contributed by atoms with Gasteiger partial charge in [0, 0.05) is 48.4 Å². The van der Waals surface area contributed by atoms with Gasteiger partial charge in [-0.2, -0.15) is 4.31 Å². The Kier molecular flexibility index (Phi) is 6.21. The van der Waals surface area contributed by atoms with E-state index in [0.29, 0.717) is 34.3 Å². The van der Waals surface area contributed by atoms with Gasteiger partial charge in [-0.3, -0.25) is 4.79 Å². The van der Waals surface area contributed by atoms with Crippen LogP contribution in [0.3, 0.4) is 0 Å². The summed E-state index contributed by atoms with van der Waals surface area (Å²) in [5, 5.41) is 2.48. The van der Waals surface area contributed by atoms with Gasteiger partial charge in [-0.15, -0.1) is 11.3 Å². The molecule has 2 heterocycles. The number of nitrogens with zero attached hydrogens (tertiary/aromatic N) is 3. The molecule has 10 heteroatoms. The lowest BCUT2D eigenvalue weighted by molar-refractivity contribution is -0.113. The van der Waals surface area contributed by atoms with Gasteiger partial charge < -0.3 is 4.90 Å². The van der Waals surface area contributed by atoms with Gasteiger partial charge in [-0.25, -0.2) is 22.2 Å². The van der Waals surface area contributed by atoms with Gasteiger partial charge in [0.2, 0.25) is 10.0 Å². The summed E-state index contributed by atoms with van der Waals surface area (Å²) in [6.07, 6.45) is 7.34. The molecule has 2 aromatic carbocycles. The van der Waals surface area contributed by atoms with Gasteiger partial charge in [0.15, 0.2) is 0 Å². The molecule has 1 aromatic heterocycles. The average molecular weight is 542 g/mol. The van der Waals surface area contributed by atoms with Crippen molar-refractivity contribution in [3.8, 4) is 0 Å². The molecule has 0 radical (unpaired) electrons. The first-order chi connectivity index (χ1) is 17.8.